The summed E-state index contributed by atoms with van der Waals surface area (Å²) in [5, 5.41) is 4.07. The minimum atomic E-state index is 0.783. The Balaban J connectivity index is 2.31. The van der Waals surface area contributed by atoms with Crippen molar-refractivity contribution in [3.8, 4) is 10.6 Å². The van der Waals surface area contributed by atoms with Crippen LogP contribution >= 0.6 is 38.9 Å². The van der Waals surface area contributed by atoms with E-state index < -0.39 is 0 Å². The first kappa shape index (κ1) is 13.0. The smallest absolute Gasteiger partial charge is 0.126 e. The van der Waals surface area contributed by atoms with Gasteiger partial charge in [0.2, 0.25) is 0 Å². The maximum atomic E-state index is 6.20. The average molecular weight is 332 g/mol. The monoisotopic (exact) mass is 330 g/mol. The highest BCUT2D eigenvalue weighted by molar-refractivity contribution is 9.10. The number of benzene rings is 1. The average Bonchev–Trinajstić information content (AvgIpc) is 2.68. The highest BCUT2D eigenvalue weighted by Crippen LogP contribution is 2.35. The second-order valence-corrected chi connectivity index (χ2v) is 6.03. The van der Waals surface area contributed by atoms with Gasteiger partial charge in [0.25, 0.3) is 0 Å². The van der Waals surface area contributed by atoms with Crippen molar-refractivity contribution < 1.29 is 0 Å². The van der Waals surface area contributed by atoms with Crippen LogP contribution in [-0.2, 0) is 6.42 Å². The molecule has 1 aromatic heterocycles. The Labute approximate surface area is 118 Å². The van der Waals surface area contributed by atoms with E-state index in [1.807, 2.05) is 31.3 Å². The zero-order valence-corrected chi connectivity index (χ0v) is 12.5. The van der Waals surface area contributed by atoms with E-state index in [-0.39, 0.29) is 0 Å². The molecule has 1 aromatic carbocycles. The number of likely N-dealkylation sites (N-methyl/N-ethyl adjacent to an activating group) is 1. The molecule has 90 valence electrons. The standard InChI is InChI=1S/C12H12BrClN2S/c1-15-7-6-10-11(14)17-12(16-10)8-4-2-3-5-9(8)13/h2-5,15H,6-7H2,1H3. The Morgan fingerprint density at radius 1 is 1.41 bits per heavy atom. The van der Waals surface area contributed by atoms with E-state index in [4.69, 9.17) is 11.6 Å². The topological polar surface area (TPSA) is 24.9 Å². The lowest BCUT2D eigenvalue weighted by Gasteiger charge is -1.99. The highest BCUT2D eigenvalue weighted by atomic mass is 79.9. The van der Waals surface area contributed by atoms with Crippen LogP contribution in [0.3, 0.4) is 0 Å². The van der Waals surface area contributed by atoms with Crippen molar-refractivity contribution >= 4 is 38.9 Å². The number of rotatable bonds is 4. The van der Waals surface area contributed by atoms with Crippen molar-refractivity contribution in [2.45, 2.75) is 6.42 Å². The zero-order valence-electron chi connectivity index (χ0n) is 9.34. The molecule has 5 heteroatoms. The van der Waals surface area contributed by atoms with Crippen LogP contribution in [0.1, 0.15) is 5.69 Å². The predicted molar refractivity (Wildman–Crippen MR) is 77.9 cm³/mol. The third-order valence-electron chi connectivity index (χ3n) is 2.37. The van der Waals surface area contributed by atoms with E-state index >= 15 is 0 Å². The van der Waals surface area contributed by atoms with Gasteiger partial charge in [-0.15, -0.1) is 11.3 Å². The fraction of sp³-hybridized carbons (Fsp3) is 0.250. The van der Waals surface area contributed by atoms with Gasteiger partial charge >= 0.3 is 0 Å². The Bertz CT molecular complexity index is 513. The lowest BCUT2D eigenvalue weighted by Crippen LogP contribution is -2.10. The number of nitrogens with zero attached hydrogens (tertiary/aromatic N) is 1. The predicted octanol–water partition coefficient (Wildman–Crippen LogP) is 3.99. The quantitative estimate of drug-likeness (QED) is 0.916. The first-order valence-electron chi connectivity index (χ1n) is 5.27. The molecule has 0 fully saturated rings. The van der Waals surface area contributed by atoms with Crippen LogP contribution in [-0.4, -0.2) is 18.6 Å². The normalized spacial score (nSPS) is 10.8. The van der Waals surface area contributed by atoms with Gasteiger partial charge in [0.1, 0.15) is 9.34 Å². The molecule has 0 aliphatic heterocycles. The number of aromatic nitrogens is 1. The van der Waals surface area contributed by atoms with Crippen LogP contribution < -0.4 is 5.32 Å². The Morgan fingerprint density at radius 2 is 2.18 bits per heavy atom. The largest absolute Gasteiger partial charge is 0.319 e. The summed E-state index contributed by atoms with van der Waals surface area (Å²) in [5.74, 6) is 0. The molecule has 2 rings (SSSR count). The van der Waals surface area contributed by atoms with Crippen molar-refractivity contribution in [1.82, 2.24) is 10.3 Å². The van der Waals surface area contributed by atoms with Crippen LogP contribution in [0.2, 0.25) is 4.34 Å². The number of thiazole rings is 1. The molecular weight excluding hydrogens is 320 g/mol. The lowest BCUT2D eigenvalue weighted by atomic mass is 10.2. The molecule has 0 aliphatic rings. The van der Waals surface area contributed by atoms with E-state index in [0.717, 1.165) is 38.0 Å². The van der Waals surface area contributed by atoms with Crippen molar-refractivity contribution in [3.63, 3.8) is 0 Å². The molecule has 0 saturated heterocycles. The van der Waals surface area contributed by atoms with Crippen LogP contribution in [0.5, 0.6) is 0 Å². The van der Waals surface area contributed by atoms with Crippen LogP contribution in [0.25, 0.3) is 10.6 Å². The zero-order chi connectivity index (χ0) is 12.3. The van der Waals surface area contributed by atoms with Gasteiger partial charge in [-0.25, -0.2) is 4.98 Å². The summed E-state index contributed by atoms with van der Waals surface area (Å²) < 4.78 is 1.83. The fourth-order valence-electron chi connectivity index (χ4n) is 1.48. The Hall–Kier alpha value is -0.420. The third kappa shape index (κ3) is 3.07. The minimum Gasteiger partial charge on any atom is -0.319 e. The number of halogens is 2. The van der Waals surface area contributed by atoms with Crippen LogP contribution in [0, 0.1) is 0 Å². The Kier molecular flexibility index (Phi) is 4.56. The maximum absolute atomic E-state index is 6.20. The lowest BCUT2D eigenvalue weighted by molar-refractivity contribution is 0.781. The summed E-state index contributed by atoms with van der Waals surface area (Å²) in [6.07, 6.45) is 0.857. The molecule has 0 aliphatic carbocycles. The molecule has 0 radical (unpaired) electrons. The fourth-order valence-corrected chi connectivity index (χ4v) is 3.32. The molecule has 17 heavy (non-hydrogen) atoms. The second kappa shape index (κ2) is 5.96. The molecule has 1 N–H and O–H groups in total. The first-order valence-corrected chi connectivity index (χ1v) is 7.26. The molecule has 0 atom stereocenters. The second-order valence-electron chi connectivity index (χ2n) is 3.57. The van der Waals surface area contributed by atoms with Gasteiger partial charge in [0.05, 0.1) is 5.69 Å². The molecular formula is C12H12BrClN2S. The summed E-state index contributed by atoms with van der Waals surface area (Å²) in [6, 6.07) is 8.05. The molecule has 2 nitrogen and oxygen atoms in total. The maximum Gasteiger partial charge on any atom is 0.126 e. The number of hydrogen-bond donors (Lipinski definition) is 1. The van der Waals surface area contributed by atoms with Crippen LogP contribution in [0.4, 0.5) is 0 Å². The molecule has 0 spiro atoms. The van der Waals surface area contributed by atoms with Gasteiger partial charge in [-0.2, -0.15) is 0 Å². The molecule has 1 heterocycles. The van der Waals surface area contributed by atoms with Gasteiger partial charge in [0.15, 0.2) is 0 Å². The van der Waals surface area contributed by atoms with Gasteiger partial charge in [-0.1, -0.05) is 45.7 Å². The minimum absolute atomic E-state index is 0.783. The van der Waals surface area contributed by atoms with Crippen molar-refractivity contribution in [2.75, 3.05) is 13.6 Å². The summed E-state index contributed by atoms with van der Waals surface area (Å²) in [6.45, 7) is 0.888. The van der Waals surface area contributed by atoms with E-state index in [1.165, 1.54) is 11.3 Å². The van der Waals surface area contributed by atoms with Gasteiger partial charge in [-0.05, 0) is 13.1 Å². The number of hydrogen-bond acceptors (Lipinski definition) is 3. The number of nitrogens with one attached hydrogen (secondary N) is 1. The van der Waals surface area contributed by atoms with E-state index in [0.29, 0.717) is 0 Å². The summed E-state index contributed by atoms with van der Waals surface area (Å²) in [4.78, 5) is 4.59. The van der Waals surface area contributed by atoms with Gasteiger partial charge in [0, 0.05) is 23.0 Å². The molecule has 0 saturated carbocycles. The summed E-state index contributed by atoms with van der Waals surface area (Å²) >= 11 is 11.3. The molecule has 0 bridgehead atoms. The SMILES string of the molecule is CNCCc1nc(-c2ccccc2Br)sc1Cl. The Morgan fingerprint density at radius 3 is 2.88 bits per heavy atom. The summed E-state index contributed by atoms with van der Waals surface area (Å²) in [7, 11) is 1.93. The molecule has 2 aromatic rings. The van der Waals surface area contributed by atoms with Crippen molar-refractivity contribution in [1.29, 1.82) is 0 Å². The summed E-state index contributed by atoms with van der Waals surface area (Å²) in [5.41, 5.74) is 2.06. The third-order valence-corrected chi connectivity index (χ3v) is 4.43. The van der Waals surface area contributed by atoms with E-state index in [9.17, 15) is 0 Å². The van der Waals surface area contributed by atoms with Gasteiger partial charge < -0.3 is 5.32 Å². The molecule has 0 unspecified atom stereocenters. The molecule has 0 amide bonds. The van der Waals surface area contributed by atoms with E-state index in [2.05, 4.69) is 26.2 Å². The van der Waals surface area contributed by atoms with E-state index in [1.54, 1.807) is 0 Å². The van der Waals surface area contributed by atoms with Crippen molar-refractivity contribution in [3.05, 3.63) is 38.8 Å². The highest BCUT2D eigenvalue weighted by Gasteiger charge is 2.12. The van der Waals surface area contributed by atoms with Gasteiger partial charge in [-0.3, -0.25) is 0 Å². The van der Waals surface area contributed by atoms with Crippen LogP contribution in [0.15, 0.2) is 28.7 Å². The van der Waals surface area contributed by atoms with Crippen molar-refractivity contribution in [2.24, 2.45) is 0 Å². The first-order chi connectivity index (χ1) is 8.22.